The number of hydrogen-bond acceptors (Lipinski definition) is 4. The number of carboxylic acids is 1. The monoisotopic (exact) mass is 208 g/mol. The minimum Gasteiger partial charge on any atom is -0.478 e. The first kappa shape index (κ1) is 9.70. The van der Waals surface area contributed by atoms with Gasteiger partial charge in [-0.05, 0) is 13.8 Å². The van der Waals surface area contributed by atoms with Crippen molar-refractivity contribution in [3.63, 3.8) is 0 Å². The van der Waals surface area contributed by atoms with Crippen molar-refractivity contribution in [2.45, 2.75) is 19.9 Å². The van der Waals surface area contributed by atoms with Gasteiger partial charge in [0.05, 0.1) is 11.6 Å². The van der Waals surface area contributed by atoms with Crippen LogP contribution in [0.3, 0.4) is 0 Å². The van der Waals surface area contributed by atoms with Crippen molar-refractivity contribution in [2.24, 2.45) is 0 Å². The molecule has 0 fully saturated rings. The summed E-state index contributed by atoms with van der Waals surface area (Å²) >= 11 is 0. The Morgan fingerprint density at radius 1 is 1.60 bits per heavy atom. The van der Waals surface area contributed by atoms with Gasteiger partial charge in [0.2, 0.25) is 5.95 Å². The van der Waals surface area contributed by atoms with Crippen molar-refractivity contribution < 1.29 is 9.90 Å². The lowest BCUT2D eigenvalue weighted by molar-refractivity contribution is -0.133. The van der Waals surface area contributed by atoms with E-state index in [1.54, 1.807) is 30.5 Å². The van der Waals surface area contributed by atoms with Gasteiger partial charge in [-0.1, -0.05) is 0 Å². The molecule has 0 aromatic carbocycles. The van der Waals surface area contributed by atoms with Gasteiger partial charge in [-0.25, -0.2) is 9.48 Å². The third kappa shape index (κ3) is 1.21. The van der Waals surface area contributed by atoms with Gasteiger partial charge >= 0.3 is 5.97 Å². The summed E-state index contributed by atoms with van der Waals surface area (Å²) in [6, 6.07) is -0.281. The highest BCUT2D eigenvalue weighted by Crippen LogP contribution is 2.31. The van der Waals surface area contributed by atoms with Crippen LogP contribution in [-0.2, 0) is 4.79 Å². The number of carboxylic acid groups (broad SMARTS) is 1. The van der Waals surface area contributed by atoms with Gasteiger partial charge in [-0.2, -0.15) is 10.1 Å². The Hall–Kier alpha value is -1.85. The summed E-state index contributed by atoms with van der Waals surface area (Å²) in [7, 11) is 1.78. The van der Waals surface area contributed by atoms with Crippen molar-refractivity contribution in [2.75, 3.05) is 11.9 Å². The molecule has 1 aromatic heterocycles. The molecular weight excluding hydrogens is 196 g/mol. The van der Waals surface area contributed by atoms with Crippen LogP contribution < -0.4 is 4.90 Å². The Balaban J connectivity index is 2.59. The second kappa shape index (κ2) is 3.08. The first-order chi connectivity index (χ1) is 7.04. The predicted octanol–water partition coefficient (Wildman–Crippen LogP) is 0.647. The van der Waals surface area contributed by atoms with Crippen molar-refractivity contribution >= 4 is 11.9 Å². The number of rotatable bonds is 1. The van der Waals surface area contributed by atoms with Gasteiger partial charge in [0.25, 0.3) is 0 Å². The zero-order valence-corrected chi connectivity index (χ0v) is 8.80. The van der Waals surface area contributed by atoms with Crippen LogP contribution in [0.4, 0.5) is 5.95 Å². The average Bonchev–Trinajstić information content (AvgIpc) is 2.62. The molecule has 0 amide bonds. The van der Waals surface area contributed by atoms with Crippen LogP contribution in [0.1, 0.15) is 19.9 Å². The lowest BCUT2D eigenvalue weighted by atomic mass is 10.1. The normalized spacial score (nSPS) is 20.5. The summed E-state index contributed by atoms with van der Waals surface area (Å²) in [6.07, 6.45) is 1.43. The van der Waals surface area contributed by atoms with E-state index in [1.165, 1.54) is 6.33 Å². The molecule has 1 N–H and O–H groups in total. The Kier molecular flexibility index (Phi) is 1.99. The summed E-state index contributed by atoms with van der Waals surface area (Å²) in [5.41, 5.74) is 1.06. The van der Waals surface area contributed by atoms with E-state index >= 15 is 0 Å². The summed E-state index contributed by atoms with van der Waals surface area (Å²) in [5.74, 6) is -0.238. The number of aromatic nitrogens is 3. The zero-order valence-electron chi connectivity index (χ0n) is 8.80. The van der Waals surface area contributed by atoms with Gasteiger partial charge in [0.15, 0.2) is 0 Å². The summed E-state index contributed by atoms with van der Waals surface area (Å²) in [4.78, 5) is 16.9. The maximum atomic E-state index is 11.1. The molecule has 0 spiro atoms. The molecule has 1 aromatic rings. The van der Waals surface area contributed by atoms with Crippen LogP contribution >= 0.6 is 0 Å². The number of hydrogen-bond donors (Lipinski definition) is 1. The molecule has 1 aliphatic heterocycles. The average molecular weight is 208 g/mol. The second-order valence-electron chi connectivity index (χ2n) is 3.54. The molecule has 6 nitrogen and oxygen atoms in total. The number of nitrogens with zero attached hydrogens (tertiary/aromatic N) is 4. The first-order valence-electron chi connectivity index (χ1n) is 4.61. The van der Waals surface area contributed by atoms with Crippen LogP contribution in [-0.4, -0.2) is 32.9 Å². The Labute approximate surface area is 86.8 Å². The van der Waals surface area contributed by atoms with Crippen LogP contribution in [0.15, 0.2) is 17.6 Å². The van der Waals surface area contributed by atoms with E-state index in [0.717, 1.165) is 0 Å². The van der Waals surface area contributed by atoms with Crippen LogP contribution in [0, 0.1) is 0 Å². The van der Waals surface area contributed by atoms with E-state index in [-0.39, 0.29) is 6.04 Å². The molecule has 2 heterocycles. The predicted molar refractivity (Wildman–Crippen MR) is 53.5 cm³/mol. The molecule has 0 saturated heterocycles. The summed E-state index contributed by atoms with van der Waals surface area (Å²) in [6.45, 7) is 3.58. The number of anilines is 1. The Bertz CT molecular complexity index is 449. The molecule has 2 rings (SSSR count). The molecule has 1 atom stereocenters. The fraction of sp³-hybridized carbons (Fsp3) is 0.444. The Morgan fingerprint density at radius 2 is 2.27 bits per heavy atom. The minimum absolute atomic E-state index is 0.281. The zero-order chi connectivity index (χ0) is 11.2. The van der Waals surface area contributed by atoms with Gasteiger partial charge in [-0.15, -0.1) is 0 Å². The van der Waals surface area contributed by atoms with Crippen molar-refractivity contribution in [1.82, 2.24) is 14.8 Å². The minimum atomic E-state index is -0.909. The molecule has 80 valence electrons. The van der Waals surface area contributed by atoms with E-state index < -0.39 is 5.97 Å². The van der Waals surface area contributed by atoms with E-state index in [9.17, 15) is 4.79 Å². The van der Waals surface area contributed by atoms with Gasteiger partial charge < -0.3 is 10.0 Å². The maximum Gasteiger partial charge on any atom is 0.335 e. The summed E-state index contributed by atoms with van der Waals surface area (Å²) < 4.78 is 1.61. The Morgan fingerprint density at radius 3 is 2.87 bits per heavy atom. The van der Waals surface area contributed by atoms with Gasteiger partial charge in [0.1, 0.15) is 6.33 Å². The first-order valence-corrected chi connectivity index (χ1v) is 4.61. The van der Waals surface area contributed by atoms with Crippen molar-refractivity contribution in [3.05, 3.63) is 17.6 Å². The fourth-order valence-corrected chi connectivity index (χ4v) is 1.85. The molecule has 0 saturated carbocycles. The lowest BCUT2D eigenvalue weighted by Crippen LogP contribution is -2.32. The fourth-order valence-electron chi connectivity index (χ4n) is 1.85. The third-order valence-corrected chi connectivity index (χ3v) is 2.76. The van der Waals surface area contributed by atoms with Crippen molar-refractivity contribution in [1.29, 1.82) is 0 Å². The van der Waals surface area contributed by atoms with Crippen molar-refractivity contribution in [3.8, 4) is 0 Å². The van der Waals surface area contributed by atoms with Gasteiger partial charge in [0, 0.05) is 12.7 Å². The van der Waals surface area contributed by atoms with Crippen LogP contribution in [0.25, 0.3) is 0 Å². The highest BCUT2D eigenvalue weighted by molar-refractivity contribution is 5.89. The molecule has 6 heteroatoms. The molecule has 0 bridgehead atoms. The van der Waals surface area contributed by atoms with E-state index in [2.05, 4.69) is 10.1 Å². The molecule has 0 aliphatic carbocycles. The molecule has 0 unspecified atom stereocenters. The topological polar surface area (TPSA) is 71.2 Å². The third-order valence-electron chi connectivity index (χ3n) is 2.76. The number of allylic oxidation sites excluding steroid dienone is 1. The molecule has 0 radical (unpaired) electrons. The summed E-state index contributed by atoms with van der Waals surface area (Å²) in [5, 5.41) is 13.1. The molecular formula is C9H12N4O2. The number of aliphatic carboxylic acids is 1. The van der Waals surface area contributed by atoms with E-state index in [1.807, 2.05) is 0 Å². The quantitative estimate of drug-likeness (QED) is 0.733. The van der Waals surface area contributed by atoms with E-state index in [4.69, 9.17) is 5.11 Å². The largest absolute Gasteiger partial charge is 0.478 e. The smallest absolute Gasteiger partial charge is 0.335 e. The van der Waals surface area contributed by atoms with E-state index in [0.29, 0.717) is 17.2 Å². The number of fused-ring (bicyclic) bond motifs is 1. The van der Waals surface area contributed by atoms with Crippen LogP contribution in [0.2, 0.25) is 0 Å². The highest BCUT2D eigenvalue weighted by Gasteiger charge is 2.31. The van der Waals surface area contributed by atoms with Gasteiger partial charge in [-0.3, -0.25) is 0 Å². The molecule has 1 aliphatic rings. The maximum absolute atomic E-state index is 11.1. The highest BCUT2D eigenvalue weighted by atomic mass is 16.4. The SMILES string of the molecule is CC1=C(C(=O)O)[C@H](C)n2ncnc2N1C. The lowest BCUT2D eigenvalue weighted by Gasteiger charge is -2.30. The second-order valence-corrected chi connectivity index (χ2v) is 3.54. The molecule has 15 heavy (non-hydrogen) atoms. The standard InChI is InChI=1S/C9H12N4O2/c1-5-7(8(14)15)6(2)13-9(12(5)3)10-4-11-13/h4,6H,1-3H3,(H,14,15)/t6-/m0/s1. The number of carbonyl (C=O) groups is 1. The van der Waals surface area contributed by atoms with Crippen LogP contribution in [0.5, 0.6) is 0 Å².